The number of rotatable bonds is 7. The Morgan fingerprint density at radius 2 is 1.90 bits per heavy atom. The monoisotopic (exact) mass is 280 g/mol. The van der Waals surface area contributed by atoms with Gasteiger partial charge in [-0.1, -0.05) is 30.3 Å². The van der Waals surface area contributed by atoms with Crippen molar-refractivity contribution < 1.29 is 14.5 Å². The van der Waals surface area contributed by atoms with Crippen LogP contribution in [0.5, 0.6) is 0 Å². The first-order valence-corrected chi connectivity index (χ1v) is 6.53. The maximum absolute atomic E-state index is 11.8. The first-order valence-electron chi connectivity index (χ1n) is 6.53. The predicted molar refractivity (Wildman–Crippen MR) is 74.9 cm³/mol. The minimum atomic E-state index is -0.609. The predicted octanol–water partition coefficient (Wildman–Crippen LogP) is 1.93. The summed E-state index contributed by atoms with van der Waals surface area (Å²) in [6.45, 7) is 4.87. The highest BCUT2D eigenvalue weighted by atomic mass is 16.6. The van der Waals surface area contributed by atoms with E-state index < -0.39 is 23.0 Å². The van der Waals surface area contributed by atoms with Gasteiger partial charge in [-0.25, -0.2) is 0 Å². The molecule has 0 unspecified atom stereocenters. The molecule has 0 aromatic heterocycles. The average molecular weight is 280 g/mol. The zero-order chi connectivity index (χ0) is 15.1. The molecule has 110 valence electrons. The Morgan fingerprint density at radius 1 is 1.30 bits per heavy atom. The average Bonchev–Trinajstić information content (AvgIpc) is 2.37. The molecule has 2 atom stereocenters. The molecule has 20 heavy (non-hydrogen) atoms. The molecule has 1 aromatic carbocycles. The first-order chi connectivity index (χ1) is 9.40. The number of esters is 1. The van der Waals surface area contributed by atoms with Crippen LogP contribution in [0.1, 0.15) is 32.4 Å². The van der Waals surface area contributed by atoms with E-state index in [0.717, 1.165) is 5.56 Å². The number of hydrogen-bond acceptors (Lipinski definition) is 5. The highest BCUT2D eigenvalue weighted by Gasteiger charge is 2.24. The van der Waals surface area contributed by atoms with Crippen molar-refractivity contribution in [3.8, 4) is 0 Å². The van der Waals surface area contributed by atoms with Gasteiger partial charge < -0.3 is 4.74 Å². The molecule has 1 N–H and O–H groups in total. The quantitative estimate of drug-likeness (QED) is 0.469. The second kappa shape index (κ2) is 7.59. The van der Waals surface area contributed by atoms with E-state index in [1.54, 1.807) is 45.0 Å². The van der Waals surface area contributed by atoms with Gasteiger partial charge in [0.05, 0.1) is 12.1 Å². The summed E-state index contributed by atoms with van der Waals surface area (Å²) in [7, 11) is 0. The van der Waals surface area contributed by atoms with Crippen molar-refractivity contribution in [2.24, 2.45) is 0 Å². The van der Waals surface area contributed by atoms with Gasteiger partial charge in [0.15, 0.2) is 0 Å². The lowest BCUT2D eigenvalue weighted by molar-refractivity contribution is -0.484. The summed E-state index contributed by atoms with van der Waals surface area (Å²) in [5, 5.41) is 13.7. The van der Waals surface area contributed by atoms with Crippen LogP contribution in [0.15, 0.2) is 30.3 Å². The summed E-state index contributed by atoms with van der Waals surface area (Å²) in [6.07, 6.45) is -0.211. The summed E-state index contributed by atoms with van der Waals surface area (Å²) in [5.41, 5.74) is 0.772. The summed E-state index contributed by atoms with van der Waals surface area (Å²) >= 11 is 0. The molecule has 0 fully saturated rings. The van der Waals surface area contributed by atoms with Crippen molar-refractivity contribution in [3.63, 3.8) is 0 Å². The van der Waals surface area contributed by atoms with Crippen LogP contribution < -0.4 is 5.32 Å². The third-order valence-corrected chi connectivity index (χ3v) is 2.69. The molecule has 0 bridgehead atoms. The van der Waals surface area contributed by atoms with E-state index in [1.807, 2.05) is 6.07 Å². The molecular formula is C14H20N2O4. The van der Waals surface area contributed by atoms with Gasteiger partial charge in [0, 0.05) is 4.92 Å². The Labute approximate surface area is 118 Å². The number of nitro groups is 1. The lowest BCUT2D eigenvalue weighted by Crippen LogP contribution is -2.41. The Balaban J connectivity index is 2.75. The minimum absolute atomic E-state index is 0.211. The van der Waals surface area contributed by atoms with Gasteiger partial charge in [-0.15, -0.1) is 0 Å². The summed E-state index contributed by atoms with van der Waals surface area (Å²) in [4.78, 5) is 22.1. The number of carbonyl (C=O) groups excluding carboxylic acids is 1. The molecule has 0 aliphatic rings. The van der Waals surface area contributed by atoms with Crippen LogP contribution in [0.25, 0.3) is 0 Å². The Bertz CT molecular complexity index is 448. The van der Waals surface area contributed by atoms with E-state index in [1.165, 1.54) is 0 Å². The van der Waals surface area contributed by atoms with Gasteiger partial charge in [0.2, 0.25) is 6.54 Å². The van der Waals surface area contributed by atoms with Crippen molar-refractivity contribution in [1.29, 1.82) is 0 Å². The fraction of sp³-hybridized carbons (Fsp3) is 0.500. The molecule has 0 aliphatic carbocycles. The van der Waals surface area contributed by atoms with Crippen molar-refractivity contribution in [3.05, 3.63) is 46.0 Å². The number of hydrogen-bond donors (Lipinski definition) is 1. The Hall–Kier alpha value is -1.95. The van der Waals surface area contributed by atoms with E-state index in [-0.39, 0.29) is 12.6 Å². The Morgan fingerprint density at radius 3 is 2.40 bits per heavy atom. The van der Waals surface area contributed by atoms with Crippen molar-refractivity contribution in [1.82, 2.24) is 5.32 Å². The first kappa shape index (κ1) is 16.1. The van der Waals surface area contributed by atoms with Crippen LogP contribution in [0.2, 0.25) is 0 Å². The smallest absolute Gasteiger partial charge is 0.323 e. The topological polar surface area (TPSA) is 81.5 Å². The number of carbonyl (C=O) groups is 1. The van der Waals surface area contributed by atoms with Crippen molar-refractivity contribution in [2.45, 2.75) is 39.0 Å². The van der Waals surface area contributed by atoms with Crippen LogP contribution in [0, 0.1) is 10.1 Å². The maximum Gasteiger partial charge on any atom is 0.323 e. The zero-order valence-electron chi connectivity index (χ0n) is 11.9. The molecular weight excluding hydrogens is 260 g/mol. The maximum atomic E-state index is 11.8. The largest absolute Gasteiger partial charge is 0.462 e. The van der Waals surface area contributed by atoms with Gasteiger partial charge in [0.25, 0.3) is 0 Å². The summed E-state index contributed by atoms with van der Waals surface area (Å²) in [6, 6.07) is 7.90. The Kier molecular flexibility index (Phi) is 6.11. The normalized spacial score (nSPS) is 13.8. The molecule has 0 saturated carbocycles. The second-order valence-corrected chi connectivity index (χ2v) is 4.85. The second-order valence-electron chi connectivity index (χ2n) is 4.85. The third kappa shape index (κ3) is 5.36. The molecule has 1 rings (SSSR count). The van der Waals surface area contributed by atoms with Crippen LogP contribution in [-0.4, -0.2) is 29.6 Å². The minimum Gasteiger partial charge on any atom is -0.462 e. The van der Waals surface area contributed by atoms with E-state index >= 15 is 0 Å². The molecule has 0 spiro atoms. The standard InChI is InChI=1S/C14H20N2O4/c1-10(2)20-14(17)11(3)15-13(9-16(18)19)12-7-5-4-6-8-12/h4-8,10-11,13,15H,9H2,1-3H3/t11-,13-/m0/s1. The van der Waals surface area contributed by atoms with E-state index in [4.69, 9.17) is 4.74 Å². The van der Waals surface area contributed by atoms with Gasteiger partial charge in [-0.3, -0.25) is 20.2 Å². The number of nitrogens with one attached hydrogen (secondary N) is 1. The number of nitrogens with zero attached hydrogens (tertiary/aromatic N) is 1. The molecule has 6 nitrogen and oxygen atoms in total. The fourth-order valence-electron chi connectivity index (χ4n) is 1.79. The van der Waals surface area contributed by atoms with Crippen LogP contribution >= 0.6 is 0 Å². The van der Waals surface area contributed by atoms with Gasteiger partial charge in [-0.05, 0) is 26.3 Å². The molecule has 1 aromatic rings. The molecule has 0 heterocycles. The fourth-order valence-corrected chi connectivity index (χ4v) is 1.79. The van der Waals surface area contributed by atoms with E-state index in [0.29, 0.717) is 0 Å². The SMILES string of the molecule is CC(C)OC(=O)[C@H](C)N[C@@H](C[N+](=O)[O-])c1ccccc1. The summed E-state index contributed by atoms with van der Waals surface area (Å²) in [5.74, 6) is -0.413. The molecule has 0 amide bonds. The molecule has 6 heteroatoms. The highest BCUT2D eigenvalue weighted by Crippen LogP contribution is 2.14. The van der Waals surface area contributed by atoms with E-state index in [9.17, 15) is 14.9 Å². The molecule has 0 aliphatic heterocycles. The lowest BCUT2D eigenvalue weighted by Gasteiger charge is -2.20. The van der Waals surface area contributed by atoms with Crippen molar-refractivity contribution >= 4 is 5.97 Å². The summed E-state index contributed by atoms with van der Waals surface area (Å²) < 4.78 is 5.08. The third-order valence-electron chi connectivity index (χ3n) is 2.69. The van der Waals surface area contributed by atoms with Gasteiger partial charge in [-0.2, -0.15) is 0 Å². The van der Waals surface area contributed by atoms with Crippen LogP contribution in [0.3, 0.4) is 0 Å². The van der Waals surface area contributed by atoms with E-state index in [2.05, 4.69) is 5.32 Å². The lowest BCUT2D eigenvalue weighted by atomic mass is 10.1. The van der Waals surface area contributed by atoms with Gasteiger partial charge >= 0.3 is 5.97 Å². The number of benzene rings is 1. The molecule has 0 radical (unpaired) electrons. The van der Waals surface area contributed by atoms with Crippen LogP contribution in [0.4, 0.5) is 0 Å². The van der Waals surface area contributed by atoms with Gasteiger partial charge in [0.1, 0.15) is 6.04 Å². The highest BCUT2D eigenvalue weighted by molar-refractivity contribution is 5.75. The van der Waals surface area contributed by atoms with Crippen LogP contribution in [-0.2, 0) is 9.53 Å². The molecule has 0 saturated heterocycles. The number of ether oxygens (including phenoxy) is 1. The van der Waals surface area contributed by atoms with Crippen molar-refractivity contribution in [2.75, 3.05) is 6.54 Å². The zero-order valence-corrected chi connectivity index (χ0v) is 11.9.